The molecule has 2 N–H and O–H groups in total. The highest BCUT2D eigenvalue weighted by Gasteiger charge is 2.18. The molecule has 2 amide bonds. The molecular weight excluding hydrogens is 456 g/mol. The van der Waals surface area contributed by atoms with E-state index in [9.17, 15) is 9.59 Å². The number of thioether (sulfide) groups is 2. The summed E-state index contributed by atoms with van der Waals surface area (Å²) < 4.78 is 0.408. The van der Waals surface area contributed by atoms with Gasteiger partial charge < -0.3 is 10.6 Å². The Bertz CT molecular complexity index is 1050. The van der Waals surface area contributed by atoms with Gasteiger partial charge in [-0.3, -0.25) is 9.59 Å². The molecule has 1 aliphatic heterocycles. The van der Waals surface area contributed by atoms with E-state index in [2.05, 4.69) is 16.7 Å². The van der Waals surface area contributed by atoms with Crippen LogP contribution in [0.15, 0.2) is 60.0 Å². The van der Waals surface area contributed by atoms with Gasteiger partial charge in [-0.15, -0.1) is 34.9 Å². The van der Waals surface area contributed by atoms with E-state index < -0.39 is 0 Å². The number of rotatable bonds is 5. The van der Waals surface area contributed by atoms with Crippen molar-refractivity contribution in [1.29, 1.82) is 0 Å². The van der Waals surface area contributed by atoms with Crippen LogP contribution in [-0.4, -0.2) is 23.3 Å². The van der Waals surface area contributed by atoms with Crippen LogP contribution in [0.1, 0.15) is 36.6 Å². The van der Waals surface area contributed by atoms with Crippen molar-refractivity contribution in [3.05, 3.63) is 81.0 Å². The second-order valence-electron chi connectivity index (χ2n) is 6.63. The fourth-order valence-electron chi connectivity index (χ4n) is 3.00. The van der Waals surface area contributed by atoms with Gasteiger partial charge in [0.25, 0.3) is 11.8 Å². The highest BCUT2D eigenvalue weighted by molar-refractivity contribution is 8.16. The van der Waals surface area contributed by atoms with Crippen molar-refractivity contribution >= 4 is 69.7 Å². The lowest BCUT2D eigenvalue weighted by atomic mass is 10.1. The quantitative estimate of drug-likeness (QED) is 0.428. The van der Waals surface area contributed by atoms with Crippen LogP contribution in [0.4, 0.5) is 11.4 Å². The van der Waals surface area contributed by atoms with Crippen molar-refractivity contribution in [2.75, 3.05) is 22.1 Å². The van der Waals surface area contributed by atoms with Crippen molar-refractivity contribution in [2.24, 2.45) is 0 Å². The maximum absolute atomic E-state index is 12.8. The molecule has 0 unspecified atom stereocenters. The molecule has 1 aliphatic rings. The predicted octanol–water partition coefficient (Wildman–Crippen LogP) is 6.77. The Kier molecular flexibility index (Phi) is 7.04. The molecule has 0 spiro atoms. The number of halogens is 1. The number of nitrogens with one attached hydrogen (secondary N) is 2. The second kappa shape index (κ2) is 9.92. The Morgan fingerprint density at radius 3 is 2.53 bits per heavy atom. The Morgan fingerprint density at radius 1 is 0.933 bits per heavy atom. The van der Waals surface area contributed by atoms with E-state index in [0.717, 1.165) is 5.69 Å². The van der Waals surface area contributed by atoms with Gasteiger partial charge in [0, 0.05) is 11.3 Å². The maximum atomic E-state index is 12.8. The monoisotopic (exact) mass is 474 g/mol. The summed E-state index contributed by atoms with van der Waals surface area (Å²) in [6.45, 7) is 0. The molecule has 0 atom stereocenters. The van der Waals surface area contributed by atoms with Gasteiger partial charge in [0.1, 0.15) is 0 Å². The molecular formula is C22H19ClN2O2S3. The molecule has 8 heteroatoms. The van der Waals surface area contributed by atoms with E-state index in [1.807, 2.05) is 53.2 Å². The zero-order chi connectivity index (χ0) is 20.9. The lowest BCUT2D eigenvalue weighted by Crippen LogP contribution is -2.14. The summed E-state index contributed by atoms with van der Waals surface area (Å²) in [7, 11) is 0. The van der Waals surface area contributed by atoms with E-state index in [4.69, 9.17) is 11.6 Å². The zero-order valence-corrected chi connectivity index (χ0v) is 19.1. The van der Waals surface area contributed by atoms with Crippen LogP contribution >= 0.6 is 46.5 Å². The van der Waals surface area contributed by atoms with Gasteiger partial charge in [-0.05, 0) is 65.3 Å². The smallest absolute Gasteiger partial charge is 0.265 e. The van der Waals surface area contributed by atoms with E-state index in [1.165, 1.54) is 34.8 Å². The minimum Gasteiger partial charge on any atom is -0.322 e. The largest absolute Gasteiger partial charge is 0.322 e. The van der Waals surface area contributed by atoms with Gasteiger partial charge in [-0.25, -0.2) is 0 Å². The van der Waals surface area contributed by atoms with Gasteiger partial charge >= 0.3 is 0 Å². The Labute approximate surface area is 192 Å². The van der Waals surface area contributed by atoms with Gasteiger partial charge in [0.15, 0.2) is 0 Å². The van der Waals surface area contributed by atoms with Crippen LogP contribution in [0.25, 0.3) is 0 Å². The molecule has 4 nitrogen and oxygen atoms in total. The van der Waals surface area contributed by atoms with Gasteiger partial charge in [-0.1, -0.05) is 29.8 Å². The normalized spacial score (nSPS) is 14.3. The fourth-order valence-corrected chi connectivity index (χ4v) is 6.66. The summed E-state index contributed by atoms with van der Waals surface area (Å²) in [6.07, 6.45) is 1.24. The van der Waals surface area contributed by atoms with Crippen LogP contribution in [0, 0.1) is 0 Å². The summed E-state index contributed by atoms with van der Waals surface area (Å²) in [5, 5.41) is 7.94. The first kappa shape index (κ1) is 21.3. The third-order valence-corrected chi connectivity index (χ3v) is 8.68. The van der Waals surface area contributed by atoms with E-state index in [0.29, 0.717) is 25.7 Å². The second-order valence-corrected chi connectivity index (χ2v) is 10.7. The average molecular weight is 475 g/mol. The topological polar surface area (TPSA) is 58.2 Å². The van der Waals surface area contributed by atoms with Crippen LogP contribution in [0.3, 0.4) is 0 Å². The van der Waals surface area contributed by atoms with E-state index in [-0.39, 0.29) is 11.8 Å². The van der Waals surface area contributed by atoms with Crippen molar-refractivity contribution in [3.63, 3.8) is 0 Å². The van der Waals surface area contributed by atoms with Crippen molar-refractivity contribution < 1.29 is 9.59 Å². The molecule has 2 aromatic carbocycles. The molecule has 4 rings (SSSR count). The number of hydrogen-bond acceptors (Lipinski definition) is 5. The predicted molar refractivity (Wildman–Crippen MR) is 130 cm³/mol. The number of thiophene rings is 1. The van der Waals surface area contributed by atoms with Crippen LogP contribution in [0.2, 0.25) is 5.02 Å². The molecule has 2 heterocycles. The van der Waals surface area contributed by atoms with Crippen LogP contribution < -0.4 is 10.6 Å². The Balaban J connectivity index is 1.48. The molecule has 30 heavy (non-hydrogen) atoms. The summed E-state index contributed by atoms with van der Waals surface area (Å²) in [6, 6.07) is 16.4. The first-order chi connectivity index (χ1) is 14.6. The molecule has 1 saturated heterocycles. The number of hydrogen-bond donors (Lipinski definition) is 2. The number of amides is 2. The molecule has 1 fully saturated rings. The lowest BCUT2D eigenvalue weighted by molar-refractivity contribution is 0.101. The Morgan fingerprint density at radius 2 is 1.77 bits per heavy atom. The molecule has 3 aromatic rings. The van der Waals surface area contributed by atoms with Crippen molar-refractivity contribution in [3.8, 4) is 0 Å². The summed E-state index contributed by atoms with van der Waals surface area (Å²) in [5.74, 6) is 1.83. The average Bonchev–Trinajstić information content (AvgIpc) is 3.31. The summed E-state index contributed by atoms with van der Waals surface area (Å²) in [5.41, 5.74) is 2.80. The lowest BCUT2D eigenvalue weighted by Gasteiger charge is -2.21. The molecule has 154 valence electrons. The first-order valence-corrected chi connectivity index (χ1v) is 12.7. The summed E-state index contributed by atoms with van der Waals surface area (Å²) >= 11 is 11.5. The van der Waals surface area contributed by atoms with Crippen LogP contribution in [-0.2, 0) is 0 Å². The van der Waals surface area contributed by atoms with Crippen molar-refractivity contribution in [1.82, 2.24) is 0 Å². The van der Waals surface area contributed by atoms with Gasteiger partial charge in [0.2, 0.25) is 0 Å². The van der Waals surface area contributed by atoms with Gasteiger partial charge in [0.05, 0.1) is 20.2 Å². The number of anilines is 2. The molecule has 0 saturated carbocycles. The standard InChI is InChI=1S/C22H19ClN2O2S3/c23-17-8-7-14(13-18(17)25-21(27)19-6-2-9-28-19)20(26)24-16-5-1-4-15(12-16)22-29-10-3-11-30-22/h1-2,4-9,12-13,22H,3,10-11H2,(H,24,26)(H,25,27). The SMILES string of the molecule is O=C(Nc1cccc(C2SCCCS2)c1)c1ccc(Cl)c(NC(=O)c2cccs2)c1. The summed E-state index contributed by atoms with van der Waals surface area (Å²) in [4.78, 5) is 25.7. The van der Waals surface area contributed by atoms with Gasteiger partial charge in [-0.2, -0.15) is 0 Å². The minimum absolute atomic E-state index is 0.250. The molecule has 0 bridgehead atoms. The number of benzene rings is 2. The minimum atomic E-state index is -0.251. The fraction of sp³-hybridized carbons (Fsp3) is 0.182. The first-order valence-electron chi connectivity index (χ1n) is 9.39. The third kappa shape index (κ3) is 5.21. The van der Waals surface area contributed by atoms with Crippen molar-refractivity contribution in [2.45, 2.75) is 11.0 Å². The molecule has 0 radical (unpaired) electrons. The van der Waals surface area contributed by atoms with E-state index in [1.54, 1.807) is 24.3 Å². The highest BCUT2D eigenvalue weighted by atomic mass is 35.5. The highest BCUT2D eigenvalue weighted by Crippen LogP contribution is 2.44. The van der Waals surface area contributed by atoms with Crippen LogP contribution in [0.5, 0.6) is 0 Å². The molecule has 0 aliphatic carbocycles. The zero-order valence-electron chi connectivity index (χ0n) is 15.9. The maximum Gasteiger partial charge on any atom is 0.265 e. The Hall–Kier alpha value is -1.93. The number of carbonyl (C=O) groups excluding carboxylic acids is 2. The third-order valence-electron chi connectivity index (χ3n) is 4.47. The number of carbonyl (C=O) groups is 2. The molecule has 1 aromatic heterocycles. The van der Waals surface area contributed by atoms with E-state index >= 15 is 0 Å².